The monoisotopic (exact) mass is 475 g/mol. The van der Waals surface area contributed by atoms with Crippen molar-refractivity contribution in [3.63, 3.8) is 0 Å². The molecule has 1 aromatic carbocycles. The highest BCUT2D eigenvalue weighted by Crippen LogP contribution is 2.43. The van der Waals surface area contributed by atoms with Crippen LogP contribution in [0.2, 0.25) is 0 Å². The summed E-state index contributed by atoms with van der Waals surface area (Å²) in [6.07, 6.45) is 4.96. The predicted octanol–water partition coefficient (Wildman–Crippen LogP) is 3.30. The molecule has 0 radical (unpaired) electrons. The number of fused-ring (bicyclic) bond motifs is 1. The lowest BCUT2D eigenvalue weighted by atomic mass is 9.67. The maximum atomic E-state index is 5.43. The van der Waals surface area contributed by atoms with Crippen LogP contribution in [0.5, 0.6) is 11.5 Å². The van der Waals surface area contributed by atoms with Gasteiger partial charge < -0.3 is 24.8 Å². The van der Waals surface area contributed by atoms with Crippen LogP contribution in [-0.4, -0.2) is 39.6 Å². The molecule has 0 bridgehead atoms. The molecular weight excluding hydrogens is 445 g/mol. The molecule has 0 spiro atoms. The molecule has 0 amide bonds. The molecule has 146 valence electrons. The quantitative estimate of drug-likeness (QED) is 0.343. The first-order valence-electron chi connectivity index (χ1n) is 9.14. The Balaban J connectivity index is 0.00000243. The van der Waals surface area contributed by atoms with Gasteiger partial charge in [0.25, 0.3) is 0 Å². The third-order valence-corrected chi connectivity index (χ3v) is 5.08. The SMILES string of the molecule is CCNC(=NCc1ccc2c(c1)OCO2)NCC1(CCOC)CCC1.I. The fourth-order valence-electron chi connectivity index (χ4n) is 3.33. The maximum absolute atomic E-state index is 5.43. The van der Waals surface area contributed by atoms with Gasteiger partial charge in [0, 0.05) is 26.8 Å². The lowest BCUT2D eigenvalue weighted by molar-refractivity contribution is 0.0732. The molecule has 1 saturated carbocycles. The highest BCUT2D eigenvalue weighted by molar-refractivity contribution is 14.0. The Morgan fingerprint density at radius 1 is 1.23 bits per heavy atom. The first-order chi connectivity index (χ1) is 12.2. The van der Waals surface area contributed by atoms with E-state index in [1.54, 1.807) is 7.11 Å². The molecule has 0 atom stereocenters. The Bertz CT molecular complexity index is 606. The van der Waals surface area contributed by atoms with E-state index in [-0.39, 0.29) is 24.0 Å². The number of aliphatic imine (C=N–C) groups is 1. The van der Waals surface area contributed by atoms with Crippen LogP contribution in [0.4, 0.5) is 0 Å². The molecule has 0 aromatic heterocycles. The van der Waals surface area contributed by atoms with Crippen molar-refractivity contribution in [2.45, 2.75) is 39.2 Å². The molecule has 1 aromatic rings. The van der Waals surface area contributed by atoms with Crippen molar-refractivity contribution in [3.05, 3.63) is 23.8 Å². The molecule has 2 N–H and O–H groups in total. The highest BCUT2D eigenvalue weighted by Gasteiger charge is 2.36. The Labute approximate surface area is 173 Å². The zero-order chi connectivity index (χ0) is 17.5. The standard InChI is InChI=1S/C19H29N3O3.HI/c1-3-20-18(22-13-19(7-4-8-19)9-10-23-2)21-12-15-5-6-16-17(11-15)25-14-24-16;/h5-6,11H,3-4,7-10,12-14H2,1-2H3,(H2,20,21,22);1H. The Morgan fingerprint density at radius 2 is 2.04 bits per heavy atom. The van der Waals surface area contributed by atoms with Gasteiger partial charge in [-0.2, -0.15) is 0 Å². The number of hydrogen-bond acceptors (Lipinski definition) is 4. The van der Waals surface area contributed by atoms with E-state index in [1.807, 2.05) is 18.2 Å². The summed E-state index contributed by atoms with van der Waals surface area (Å²) in [5.74, 6) is 2.48. The van der Waals surface area contributed by atoms with Crippen LogP contribution in [0.3, 0.4) is 0 Å². The first kappa shape index (κ1) is 21.1. The Morgan fingerprint density at radius 3 is 2.73 bits per heavy atom. The second kappa shape index (κ2) is 10.2. The molecule has 0 saturated heterocycles. The fraction of sp³-hybridized carbons (Fsp3) is 0.632. The first-order valence-corrected chi connectivity index (χ1v) is 9.14. The van der Waals surface area contributed by atoms with Crippen LogP contribution in [-0.2, 0) is 11.3 Å². The number of guanidine groups is 1. The second-order valence-electron chi connectivity index (χ2n) is 6.83. The summed E-state index contributed by atoms with van der Waals surface area (Å²) in [4.78, 5) is 4.72. The molecule has 1 aliphatic heterocycles. The largest absolute Gasteiger partial charge is 0.454 e. The molecule has 1 heterocycles. The van der Waals surface area contributed by atoms with E-state index in [0.29, 0.717) is 18.8 Å². The van der Waals surface area contributed by atoms with Crippen molar-refractivity contribution >= 4 is 29.9 Å². The summed E-state index contributed by atoms with van der Waals surface area (Å²) >= 11 is 0. The van der Waals surface area contributed by atoms with Crippen molar-refractivity contribution in [3.8, 4) is 11.5 Å². The van der Waals surface area contributed by atoms with Gasteiger partial charge in [-0.25, -0.2) is 4.99 Å². The summed E-state index contributed by atoms with van der Waals surface area (Å²) < 4.78 is 16.1. The number of hydrogen-bond donors (Lipinski definition) is 2. The zero-order valence-corrected chi connectivity index (χ0v) is 18.0. The number of methoxy groups -OCH3 is 1. The third-order valence-electron chi connectivity index (χ3n) is 5.08. The number of benzene rings is 1. The predicted molar refractivity (Wildman–Crippen MR) is 114 cm³/mol. The summed E-state index contributed by atoms with van der Waals surface area (Å²) in [6, 6.07) is 5.98. The second-order valence-corrected chi connectivity index (χ2v) is 6.83. The third kappa shape index (κ3) is 5.39. The number of nitrogens with one attached hydrogen (secondary N) is 2. The molecule has 26 heavy (non-hydrogen) atoms. The van der Waals surface area contributed by atoms with Crippen LogP contribution >= 0.6 is 24.0 Å². The van der Waals surface area contributed by atoms with Crippen LogP contribution in [0, 0.1) is 5.41 Å². The number of ether oxygens (including phenoxy) is 3. The summed E-state index contributed by atoms with van der Waals surface area (Å²) in [5, 5.41) is 6.86. The number of rotatable bonds is 8. The molecule has 1 fully saturated rings. The summed E-state index contributed by atoms with van der Waals surface area (Å²) in [6.45, 7) is 5.61. The molecule has 1 aliphatic carbocycles. The molecule has 7 heteroatoms. The fourth-order valence-corrected chi connectivity index (χ4v) is 3.33. The van der Waals surface area contributed by atoms with Gasteiger partial charge in [0.15, 0.2) is 17.5 Å². The minimum Gasteiger partial charge on any atom is -0.454 e. The van der Waals surface area contributed by atoms with E-state index < -0.39 is 0 Å². The van der Waals surface area contributed by atoms with E-state index in [0.717, 1.165) is 49.1 Å². The van der Waals surface area contributed by atoms with Crippen molar-refractivity contribution in [2.24, 2.45) is 10.4 Å². The topological polar surface area (TPSA) is 64.1 Å². The lowest BCUT2D eigenvalue weighted by Crippen LogP contribution is -2.46. The van der Waals surface area contributed by atoms with Gasteiger partial charge in [0.05, 0.1) is 6.54 Å². The average Bonchev–Trinajstić information content (AvgIpc) is 3.06. The summed E-state index contributed by atoms with van der Waals surface area (Å²) in [7, 11) is 1.77. The average molecular weight is 475 g/mol. The molecular formula is C19H30IN3O3. The van der Waals surface area contributed by atoms with E-state index in [1.165, 1.54) is 19.3 Å². The Kier molecular flexibility index (Phi) is 8.27. The summed E-state index contributed by atoms with van der Waals surface area (Å²) in [5.41, 5.74) is 1.48. The lowest BCUT2D eigenvalue weighted by Gasteiger charge is -2.42. The van der Waals surface area contributed by atoms with Gasteiger partial charge in [0.2, 0.25) is 6.79 Å². The van der Waals surface area contributed by atoms with Gasteiger partial charge in [-0.15, -0.1) is 24.0 Å². The van der Waals surface area contributed by atoms with Crippen molar-refractivity contribution < 1.29 is 14.2 Å². The van der Waals surface area contributed by atoms with Crippen LogP contribution in [0.25, 0.3) is 0 Å². The Hall–Kier alpha value is -1.22. The zero-order valence-electron chi connectivity index (χ0n) is 15.7. The van der Waals surface area contributed by atoms with Crippen molar-refractivity contribution in [1.29, 1.82) is 0 Å². The van der Waals surface area contributed by atoms with E-state index >= 15 is 0 Å². The van der Waals surface area contributed by atoms with Crippen molar-refractivity contribution in [1.82, 2.24) is 10.6 Å². The normalized spacial score (nSPS) is 17.2. The van der Waals surface area contributed by atoms with Gasteiger partial charge in [-0.05, 0) is 49.3 Å². The minimum absolute atomic E-state index is 0. The van der Waals surface area contributed by atoms with E-state index in [4.69, 9.17) is 19.2 Å². The van der Waals surface area contributed by atoms with E-state index in [2.05, 4.69) is 17.6 Å². The van der Waals surface area contributed by atoms with Crippen LogP contribution in [0.15, 0.2) is 23.2 Å². The number of nitrogens with zero attached hydrogens (tertiary/aromatic N) is 1. The van der Waals surface area contributed by atoms with Gasteiger partial charge >= 0.3 is 0 Å². The van der Waals surface area contributed by atoms with Gasteiger partial charge in [0.1, 0.15) is 0 Å². The van der Waals surface area contributed by atoms with Gasteiger partial charge in [-0.3, -0.25) is 0 Å². The molecule has 3 rings (SSSR count). The minimum atomic E-state index is 0. The highest BCUT2D eigenvalue weighted by atomic mass is 127. The molecule has 0 unspecified atom stereocenters. The maximum Gasteiger partial charge on any atom is 0.231 e. The van der Waals surface area contributed by atoms with E-state index in [9.17, 15) is 0 Å². The molecule has 2 aliphatic rings. The van der Waals surface area contributed by atoms with Crippen LogP contribution < -0.4 is 20.1 Å². The number of halogens is 1. The van der Waals surface area contributed by atoms with Gasteiger partial charge in [-0.1, -0.05) is 12.5 Å². The smallest absolute Gasteiger partial charge is 0.231 e. The van der Waals surface area contributed by atoms with Crippen LogP contribution in [0.1, 0.15) is 38.2 Å². The molecule has 6 nitrogen and oxygen atoms in total. The van der Waals surface area contributed by atoms with Crippen molar-refractivity contribution in [2.75, 3.05) is 33.6 Å².